The van der Waals surface area contributed by atoms with Crippen LogP contribution in [0.2, 0.25) is 0 Å². The van der Waals surface area contributed by atoms with Gasteiger partial charge < -0.3 is 9.32 Å². The fourth-order valence-electron chi connectivity index (χ4n) is 3.02. The molecule has 1 saturated heterocycles. The van der Waals surface area contributed by atoms with E-state index >= 15 is 0 Å². The molecule has 1 aliphatic rings. The molecule has 1 amide bonds. The van der Waals surface area contributed by atoms with Gasteiger partial charge in [0.15, 0.2) is 5.76 Å². The van der Waals surface area contributed by atoms with E-state index in [-0.39, 0.29) is 11.9 Å². The number of furan rings is 1. The molecule has 3 heterocycles. The predicted octanol–water partition coefficient (Wildman–Crippen LogP) is 4.18. The smallest absolute Gasteiger partial charge is 0.290 e. The van der Waals surface area contributed by atoms with Gasteiger partial charge in [-0.3, -0.25) is 4.79 Å². The first-order chi connectivity index (χ1) is 10.7. The molecule has 0 aliphatic carbocycles. The van der Waals surface area contributed by atoms with Crippen molar-refractivity contribution in [2.24, 2.45) is 0 Å². The highest BCUT2D eigenvalue weighted by Gasteiger charge is 2.34. The molecule has 2 aromatic heterocycles. The van der Waals surface area contributed by atoms with Crippen LogP contribution < -0.4 is 0 Å². The van der Waals surface area contributed by atoms with Gasteiger partial charge in [-0.15, -0.1) is 11.3 Å². The van der Waals surface area contributed by atoms with Crippen molar-refractivity contribution in [2.75, 3.05) is 6.54 Å². The standard InChI is InChI=1S/C17H16N2O2S/c1-11-8-10-21-15(11)17(20)19-9-4-6-13(19)16-18-12-5-2-3-7-14(12)22-16/h2-3,5,7-8,10,13H,4,6,9H2,1H3. The second-order valence-corrected chi connectivity index (χ2v) is 6.67. The molecule has 4 rings (SSSR count). The molecule has 112 valence electrons. The molecule has 0 saturated carbocycles. The summed E-state index contributed by atoms with van der Waals surface area (Å²) in [6.45, 7) is 2.67. The molecule has 0 radical (unpaired) electrons. The zero-order valence-electron chi connectivity index (χ0n) is 12.3. The van der Waals surface area contributed by atoms with E-state index in [4.69, 9.17) is 9.40 Å². The first-order valence-corrected chi connectivity index (χ1v) is 8.26. The molecule has 4 nitrogen and oxygen atoms in total. The fraction of sp³-hybridized carbons (Fsp3) is 0.294. The van der Waals surface area contributed by atoms with E-state index in [1.165, 1.54) is 4.70 Å². The van der Waals surface area contributed by atoms with Crippen LogP contribution >= 0.6 is 11.3 Å². The normalized spacial score (nSPS) is 18.2. The number of fused-ring (bicyclic) bond motifs is 1. The van der Waals surface area contributed by atoms with E-state index in [2.05, 4.69) is 6.07 Å². The Balaban J connectivity index is 1.69. The first-order valence-electron chi connectivity index (χ1n) is 7.44. The average molecular weight is 312 g/mol. The Hall–Kier alpha value is -2.14. The van der Waals surface area contributed by atoms with Crippen LogP contribution in [0.1, 0.15) is 40.0 Å². The Morgan fingerprint density at radius 1 is 1.36 bits per heavy atom. The van der Waals surface area contributed by atoms with Gasteiger partial charge >= 0.3 is 0 Å². The summed E-state index contributed by atoms with van der Waals surface area (Å²) >= 11 is 1.68. The molecule has 5 heteroatoms. The summed E-state index contributed by atoms with van der Waals surface area (Å²) in [5.74, 6) is 0.428. The quantitative estimate of drug-likeness (QED) is 0.713. The average Bonchev–Trinajstić information content (AvgIpc) is 3.24. The molecule has 0 spiro atoms. The lowest BCUT2D eigenvalue weighted by Crippen LogP contribution is -2.30. The number of benzene rings is 1. The summed E-state index contributed by atoms with van der Waals surface area (Å²) in [5, 5.41) is 1.02. The molecule has 1 aliphatic heterocycles. The van der Waals surface area contributed by atoms with Crippen LogP contribution in [0, 0.1) is 6.92 Å². The van der Waals surface area contributed by atoms with Gasteiger partial charge in [0.1, 0.15) is 5.01 Å². The minimum atomic E-state index is -0.0238. The summed E-state index contributed by atoms with van der Waals surface area (Å²) in [6.07, 6.45) is 3.54. The monoisotopic (exact) mass is 312 g/mol. The number of aromatic nitrogens is 1. The van der Waals surface area contributed by atoms with E-state index in [1.807, 2.05) is 36.1 Å². The lowest BCUT2D eigenvalue weighted by molar-refractivity contribution is 0.0702. The number of carbonyl (C=O) groups excluding carboxylic acids is 1. The molecular formula is C17H16N2O2S. The molecule has 3 aromatic rings. The number of aryl methyl sites for hydroxylation is 1. The van der Waals surface area contributed by atoms with Crippen LogP contribution in [0.4, 0.5) is 0 Å². The summed E-state index contributed by atoms with van der Waals surface area (Å²) in [7, 11) is 0. The van der Waals surface area contributed by atoms with Crippen LogP contribution in [0.15, 0.2) is 41.0 Å². The van der Waals surface area contributed by atoms with Gasteiger partial charge in [0.2, 0.25) is 0 Å². The van der Waals surface area contributed by atoms with Crippen LogP contribution in [-0.4, -0.2) is 22.3 Å². The summed E-state index contributed by atoms with van der Waals surface area (Å²) < 4.78 is 6.55. The van der Waals surface area contributed by atoms with Gasteiger partial charge in [-0.1, -0.05) is 12.1 Å². The minimum Gasteiger partial charge on any atom is -0.459 e. The van der Waals surface area contributed by atoms with E-state index < -0.39 is 0 Å². The number of likely N-dealkylation sites (tertiary alicyclic amines) is 1. The van der Waals surface area contributed by atoms with Crippen molar-refractivity contribution in [3.8, 4) is 0 Å². The third-order valence-electron chi connectivity index (χ3n) is 4.17. The van der Waals surface area contributed by atoms with Crippen molar-refractivity contribution in [2.45, 2.75) is 25.8 Å². The van der Waals surface area contributed by atoms with Crippen molar-refractivity contribution < 1.29 is 9.21 Å². The number of para-hydroxylation sites is 1. The van der Waals surface area contributed by atoms with Crippen LogP contribution in [0.25, 0.3) is 10.2 Å². The van der Waals surface area contributed by atoms with Gasteiger partial charge in [-0.25, -0.2) is 4.98 Å². The Morgan fingerprint density at radius 3 is 3.00 bits per heavy atom. The summed E-state index contributed by atoms with van der Waals surface area (Å²) in [4.78, 5) is 19.4. The molecule has 22 heavy (non-hydrogen) atoms. The third-order valence-corrected chi connectivity index (χ3v) is 5.30. The van der Waals surface area contributed by atoms with E-state index in [1.54, 1.807) is 17.6 Å². The molecule has 0 bridgehead atoms. The van der Waals surface area contributed by atoms with Crippen molar-refractivity contribution >= 4 is 27.5 Å². The van der Waals surface area contributed by atoms with E-state index in [0.717, 1.165) is 35.5 Å². The third kappa shape index (κ3) is 2.13. The van der Waals surface area contributed by atoms with E-state index in [0.29, 0.717) is 5.76 Å². The Morgan fingerprint density at radius 2 is 2.23 bits per heavy atom. The predicted molar refractivity (Wildman–Crippen MR) is 86.1 cm³/mol. The number of thiazole rings is 1. The van der Waals surface area contributed by atoms with Crippen LogP contribution in [0.3, 0.4) is 0 Å². The minimum absolute atomic E-state index is 0.0238. The molecular weight excluding hydrogens is 296 g/mol. The highest BCUT2D eigenvalue weighted by atomic mass is 32.1. The number of hydrogen-bond donors (Lipinski definition) is 0. The Bertz CT molecular complexity index is 803. The fourth-order valence-corrected chi connectivity index (χ4v) is 4.14. The van der Waals surface area contributed by atoms with Gasteiger partial charge in [-0.2, -0.15) is 0 Å². The second-order valence-electron chi connectivity index (χ2n) is 5.61. The SMILES string of the molecule is Cc1ccoc1C(=O)N1CCCC1c1nc2ccccc2s1. The van der Waals surface area contributed by atoms with Crippen molar-refractivity contribution in [1.82, 2.24) is 9.88 Å². The summed E-state index contributed by atoms with van der Waals surface area (Å²) in [5.41, 5.74) is 1.90. The molecule has 1 aromatic carbocycles. The summed E-state index contributed by atoms with van der Waals surface area (Å²) in [6, 6.07) is 10.0. The highest BCUT2D eigenvalue weighted by molar-refractivity contribution is 7.18. The maximum atomic E-state index is 12.7. The number of rotatable bonds is 2. The number of hydrogen-bond acceptors (Lipinski definition) is 4. The van der Waals surface area contributed by atoms with Gasteiger partial charge in [0.25, 0.3) is 5.91 Å². The maximum absolute atomic E-state index is 12.7. The van der Waals surface area contributed by atoms with E-state index in [9.17, 15) is 4.79 Å². The van der Waals surface area contributed by atoms with Crippen LogP contribution in [-0.2, 0) is 0 Å². The molecule has 1 atom stereocenters. The number of amides is 1. The molecule has 1 fully saturated rings. The van der Waals surface area contributed by atoms with Gasteiger partial charge in [0, 0.05) is 12.1 Å². The van der Waals surface area contributed by atoms with Crippen molar-refractivity contribution in [1.29, 1.82) is 0 Å². The Kier molecular flexibility index (Phi) is 3.22. The number of nitrogens with zero attached hydrogens (tertiary/aromatic N) is 2. The van der Waals surface area contributed by atoms with Crippen molar-refractivity contribution in [3.63, 3.8) is 0 Å². The lowest BCUT2D eigenvalue weighted by Gasteiger charge is -2.22. The zero-order valence-corrected chi connectivity index (χ0v) is 13.1. The zero-order chi connectivity index (χ0) is 15.1. The van der Waals surface area contributed by atoms with Gasteiger partial charge in [0.05, 0.1) is 22.5 Å². The second kappa shape index (κ2) is 5.25. The first kappa shape index (κ1) is 13.5. The lowest BCUT2D eigenvalue weighted by atomic mass is 10.2. The largest absolute Gasteiger partial charge is 0.459 e. The topological polar surface area (TPSA) is 46.3 Å². The van der Waals surface area contributed by atoms with Crippen LogP contribution in [0.5, 0.6) is 0 Å². The molecule has 1 unspecified atom stereocenters. The number of carbonyl (C=O) groups is 1. The van der Waals surface area contributed by atoms with Gasteiger partial charge in [-0.05, 0) is 38.0 Å². The highest BCUT2D eigenvalue weighted by Crippen LogP contribution is 2.37. The van der Waals surface area contributed by atoms with Crippen molar-refractivity contribution in [3.05, 3.63) is 52.9 Å². The maximum Gasteiger partial charge on any atom is 0.290 e. The Labute approximate surface area is 132 Å². The molecule has 0 N–H and O–H groups in total.